The summed E-state index contributed by atoms with van der Waals surface area (Å²) in [6.07, 6.45) is 8.77. The van der Waals surface area contributed by atoms with Crippen LogP contribution in [0.2, 0.25) is 0 Å². The summed E-state index contributed by atoms with van der Waals surface area (Å²) in [7, 11) is -1.04. The van der Waals surface area contributed by atoms with Gasteiger partial charge in [0.15, 0.2) is 0 Å². The summed E-state index contributed by atoms with van der Waals surface area (Å²) in [6, 6.07) is 3.56. The van der Waals surface area contributed by atoms with Gasteiger partial charge < -0.3 is 14.0 Å². The molecule has 2 heterocycles. The van der Waals surface area contributed by atoms with Crippen LogP contribution >= 0.6 is 0 Å². The molecule has 0 radical (unpaired) electrons. The number of ether oxygens (including phenoxy) is 1. The maximum atomic E-state index is 15.2. The van der Waals surface area contributed by atoms with Crippen molar-refractivity contribution in [3.05, 3.63) is 35.8 Å². The highest BCUT2D eigenvalue weighted by atomic mass is 19.1. The Labute approximate surface area is 143 Å². The molecule has 0 saturated carbocycles. The number of halogens is 1. The largest absolute Gasteiger partial charge is 0.525 e. The predicted octanol–water partition coefficient (Wildman–Crippen LogP) is 3.43. The van der Waals surface area contributed by atoms with Gasteiger partial charge in [-0.3, -0.25) is 4.98 Å². The fourth-order valence-electron chi connectivity index (χ4n) is 2.34. The zero-order valence-corrected chi connectivity index (χ0v) is 14.6. The molecular formula is C18H23BFNO3. The lowest BCUT2D eigenvalue weighted by Crippen LogP contribution is -2.41. The Balaban J connectivity index is 2.28. The van der Waals surface area contributed by atoms with Crippen LogP contribution in [0.15, 0.2) is 30.3 Å². The molecule has 1 fully saturated rings. The van der Waals surface area contributed by atoms with Gasteiger partial charge in [-0.05, 0) is 51.3 Å². The second-order valence-electron chi connectivity index (χ2n) is 6.66. The van der Waals surface area contributed by atoms with E-state index < -0.39 is 24.0 Å². The van der Waals surface area contributed by atoms with Crippen LogP contribution in [0, 0.1) is 12.3 Å². The number of hydrogen-bond donors (Lipinski definition) is 0. The third-order valence-electron chi connectivity index (χ3n) is 4.44. The molecule has 6 heteroatoms. The first kappa shape index (κ1) is 18.7. The van der Waals surface area contributed by atoms with Gasteiger partial charge in [0.2, 0.25) is 0 Å². The van der Waals surface area contributed by atoms with Crippen LogP contribution in [0.1, 0.15) is 39.7 Å². The molecule has 1 aromatic heterocycles. The zero-order valence-electron chi connectivity index (χ0n) is 14.6. The summed E-state index contributed by atoms with van der Waals surface area (Å²) >= 11 is 0. The Morgan fingerprint density at radius 2 is 2.00 bits per heavy atom. The molecule has 24 heavy (non-hydrogen) atoms. The molecule has 1 saturated heterocycles. The minimum absolute atomic E-state index is 0.193. The van der Waals surface area contributed by atoms with E-state index in [1.54, 1.807) is 24.5 Å². The van der Waals surface area contributed by atoms with Crippen molar-refractivity contribution in [2.24, 2.45) is 0 Å². The molecule has 0 bridgehead atoms. The van der Waals surface area contributed by atoms with E-state index in [9.17, 15) is 0 Å². The molecular weight excluding hydrogens is 308 g/mol. The second kappa shape index (κ2) is 7.48. The molecule has 0 aromatic carbocycles. The monoisotopic (exact) mass is 331 g/mol. The molecule has 1 aliphatic heterocycles. The fourth-order valence-corrected chi connectivity index (χ4v) is 2.34. The van der Waals surface area contributed by atoms with Gasteiger partial charge in [0.05, 0.1) is 17.8 Å². The van der Waals surface area contributed by atoms with Crippen molar-refractivity contribution in [2.45, 2.75) is 45.3 Å². The average molecular weight is 331 g/mol. The number of rotatable bonds is 6. The normalized spacial score (nSPS) is 19.8. The number of aromatic nitrogens is 1. The second-order valence-corrected chi connectivity index (χ2v) is 6.66. The molecule has 128 valence electrons. The number of pyridine rings is 1. The fraction of sp³-hybridized carbons (Fsp3) is 0.500. The van der Waals surface area contributed by atoms with Crippen LogP contribution in [-0.4, -0.2) is 36.5 Å². The third kappa shape index (κ3) is 4.04. The Morgan fingerprint density at radius 3 is 2.54 bits per heavy atom. The van der Waals surface area contributed by atoms with Gasteiger partial charge in [-0.2, -0.15) is 0 Å². The van der Waals surface area contributed by atoms with E-state index >= 15 is 4.39 Å². The van der Waals surface area contributed by atoms with E-state index in [1.807, 2.05) is 27.7 Å². The highest BCUT2D eigenvalue weighted by Crippen LogP contribution is 2.40. The first-order valence-electron chi connectivity index (χ1n) is 7.94. The minimum atomic E-state index is -1.04. The summed E-state index contributed by atoms with van der Waals surface area (Å²) < 4.78 is 32.1. The van der Waals surface area contributed by atoms with Gasteiger partial charge in [-0.1, -0.05) is 12.0 Å². The lowest BCUT2D eigenvalue weighted by molar-refractivity contribution is 0.00578. The summed E-state index contributed by atoms with van der Waals surface area (Å²) in [4.78, 5) is 4.06. The van der Waals surface area contributed by atoms with Crippen LogP contribution in [0.3, 0.4) is 0 Å². The topological polar surface area (TPSA) is 40.6 Å². The maximum Gasteiger partial charge on any atom is 0.525 e. The van der Waals surface area contributed by atoms with Crippen molar-refractivity contribution in [3.8, 4) is 12.3 Å². The third-order valence-corrected chi connectivity index (χ3v) is 4.44. The Morgan fingerprint density at radius 1 is 1.33 bits per heavy atom. The van der Waals surface area contributed by atoms with Gasteiger partial charge in [0.1, 0.15) is 12.3 Å². The smallest absolute Gasteiger partial charge is 0.398 e. The van der Waals surface area contributed by atoms with Crippen LogP contribution in [-0.2, 0) is 14.0 Å². The van der Waals surface area contributed by atoms with Gasteiger partial charge in [0, 0.05) is 12.4 Å². The molecule has 4 nitrogen and oxygen atoms in total. The van der Waals surface area contributed by atoms with Gasteiger partial charge in [-0.25, -0.2) is 4.39 Å². The number of hydrogen-bond acceptors (Lipinski definition) is 4. The first-order valence-corrected chi connectivity index (χ1v) is 7.94. The zero-order chi connectivity index (χ0) is 17.8. The highest BCUT2D eigenvalue weighted by molar-refractivity contribution is 6.55. The van der Waals surface area contributed by atoms with E-state index in [2.05, 4.69) is 10.9 Å². The standard InChI is InChI=1S/C18H23BFNO3/c1-6-11-22-12-9-15(14-8-7-10-21-13-14)16(20)19-23-17(2,3)18(4,5)24-19/h1,7-8,10,13H,9,11-12H2,2-5H3. The van der Waals surface area contributed by atoms with E-state index in [0.717, 1.165) is 0 Å². The summed E-state index contributed by atoms with van der Waals surface area (Å²) in [5, 5.41) is 0. The van der Waals surface area contributed by atoms with E-state index in [4.69, 9.17) is 20.5 Å². The molecule has 1 aromatic rings. The van der Waals surface area contributed by atoms with Gasteiger partial charge in [0.25, 0.3) is 0 Å². The molecule has 0 spiro atoms. The molecule has 2 rings (SSSR count). The van der Waals surface area contributed by atoms with E-state index in [1.165, 1.54) is 0 Å². The molecule has 0 unspecified atom stereocenters. The van der Waals surface area contributed by atoms with Crippen molar-refractivity contribution in [1.29, 1.82) is 0 Å². The SMILES string of the molecule is C#CCOCCC(=C(F)B1OC(C)(C)C(C)(C)O1)c1cccnc1. The predicted molar refractivity (Wildman–Crippen MR) is 92.6 cm³/mol. The lowest BCUT2D eigenvalue weighted by Gasteiger charge is -2.32. The van der Waals surface area contributed by atoms with Crippen molar-refractivity contribution in [1.82, 2.24) is 4.98 Å². The highest BCUT2D eigenvalue weighted by Gasteiger charge is 2.53. The van der Waals surface area contributed by atoms with Crippen LogP contribution in [0.5, 0.6) is 0 Å². The Hall–Kier alpha value is -1.68. The van der Waals surface area contributed by atoms with Crippen LogP contribution < -0.4 is 0 Å². The van der Waals surface area contributed by atoms with Crippen molar-refractivity contribution in [2.75, 3.05) is 13.2 Å². The summed E-state index contributed by atoms with van der Waals surface area (Å²) in [5.41, 5.74) is -0.525. The van der Waals surface area contributed by atoms with E-state index in [-0.39, 0.29) is 6.61 Å². The van der Waals surface area contributed by atoms with Crippen molar-refractivity contribution in [3.63, 3.8) is 0 Å². The maximum absolute atomic E-state index is 15.2. The average Bonchev–Trinajstić information content (AvgIpc) is 2.76. The van der Waals surface area contributed by atoms with Gasteiger partial charge in [-0.15, -0.1) is 6.42 Å². The van der Waals surface area contributed by atoms with Crippen LogP contribution in [0.25, 0.3) is 5.57 Å². The molecule has 0 aliphatic carbocycles. The lowest BCUT2D eigenvalue weighted by atomic mass is 9.82. The first-order chi connectivity index (χ1) is 11.3. The molecule has 0 amide bonds. The van der Waals surface area contributed by atoms with Crippen LogP contribution in [0.4, 0.5) is 4.39 Å². The molecule has 0 N–H and O–H groups in total. The Bertz CT molecular complexity index is 621. The van der Waals surface area contributed by atoms with Gasteiger partial charge >= 0.3 is 7.12 Å². The summed E-state index contributed by atoms with van der Waals surface area (Å²) in [5.74, 6) is 2.39. The number of nitrogens with zero attached hydrogens (tertiary/aromatic N) is 1. The minimum Gasteiger partial charge on any atom is -0.398 e. The summed E-state index contributed by atoms with van der Waals surface area (Å²) in [6.45, 7) is 8.06. The molecule has 1 aliphatic rings. The Kier molecular flexibility index (Phi) is 5.81. The van der Waals surface area contributed by atoms with Crippen molar-refractivity contribution < 1.29 is 18.4 Å². The van der Waals surface area contributed by atoms with Crippen molar-refractivity contribution >= 4 is 12.7 Å². The van der Waals surface area contributed by atoms with E-state index in [0.29, 0.717) is 24.2 Å². The number of terminal acetylenes is 1. The quantitative estimate of drug-likeness (QED) is 0.455. The molecule has 0 atom stereocenters.